The van der Waals surface area contributed by atoms with Crippen molar-refractivity contribution in [3.8, 4) is 11.5 Å². The number of benzene rings is 2. The molecule has 0 atom stereocenters. The lowest BCUT2D eigenvalue weighted by atomic mass is 10.2. The molecule has 0 spiro atoms. The maximum absolute atomic E-state index is 12.0. The lowest BCUT2D eigenvalue weighted by Crippen LogP contribution is -2.07. The van der Waals surface area contributed by atoms with Gasteiger partial charge in [-0.2, -0.15) is 0 Å². The quantitative estimate of drug-likeness (QED) is 0.422. The summed E-state index contributed by atoms with van der Waals surface area (Å²) in [5, 5.41) is 0. The van der Waals surface area contributed by atoms with Crippen LogP contribution in [0.15, 0.2) is 54.6 Å². The van der Waals surface area contributed by atoms with E-state index in [-0.39, 0.29) is 18.5 Å². The van der Waals surface area contributed by atoms with E-state index < -0.39 is 11.9 Å². The summed E-state index contributed by atoms with van der Waals surface area (Å²) in [6, 6.07) is 13.7. The number of hydrogen-bond acceptors (Lipinski definition) is 5. The van der Waals surface area contributed by atoms with Crippen LogP contribution in [0.1, 0.15) is 36.7 Å². The van der Waals surface area contributed by atoms with Crippen LogP contribution in [-0.2, 0) is 9.53 Å². The maximum atomic E-state index is 12.0. The van der Waals surface area contributed by atoms with Gasteiger partial charge in [0.2, 0.25) is 0 Å². The molecule has 2 aromatic carbocycles. The van der Waals surface area contributed by atoms with Crippen LogP contribution in [0.25, 0.3) is 6.08 Å². The molecule has 5 heteroatoms. The molecule has 0 fully saturated rings. The summed E-state index contributed by atoms with van der Waals surface area (Å²) in [6.07, 6.45) is 3.04. The summed E-state index contributed by atoms with van der Waals surface area (Å²) in [4.78, 5) is 23.7. The molecule has 0 saturated heterocycles. The number of hydrogen-bond donors (Lipinski definition) is 0. The highest BCUT2D eigenvalue weighted by atomic mass is 16.5. The summed E-state index contributed by atoms with van der Waals surface area (Å²) in [5.41, 5.74) is 1.15. The zero-order valence-electron chi connectivity index (χ0n) is 15.1. The van der Waals surface area contributed by atoms with Crippen LogP contribution in [0.4, 0.5) is 0 Å². The van der Waals surface area contributed by atoms with Gasteiger partial charge in [-0.25, -0.2) is 9.59 Å². The van der Waals surface area contributed by atoms with E-state index in [4.69, 9.17) is 14.2 Å². The Morgan fingerprint density at radius 3 is 2.50 bits per heavy atom. The van der Waals surface area contributed by atoms with Gasteiger partial charge in [-0.3, -0.25) is 0 Å². The summed E-state index contributed by atoms with van der Waals surface area (Å²) in [6.45, 7) is 5.91. The highest BCUT2D eigenvalue weighted by molar-refractivity contribution is 5.91. The third-order valence-corrected chi connectivity index (χ3v) is 3.21. The second kappa shape index (κ2) is 9.42. The lowest BCUT2D eigenvalue weighted by Gasteiger charge is -2.09. The second-order valence-electron chi connectivity index (χ2n) is 5.74. The topological polar surface area (TPSA) is 61.8 Å². The number of carbonyl (C=O) groups excluding carboxylic acids is 2. The molecule has 0 aliphatic carbocycles. The Kier molecular flexibility index (Phi) is 6.97. The fourth-order valence-corrected chi connectivity index (χ4v) is 2.18. The Balaban J connectivity index is 2.01. The minimum absolute atomic E-state index is 0.0749. The van der Waals surface area contributed by atoms with E-state index in [2.05, 4.69) is 0 Å². The van der Waals surface area contributed by atoms with Crippen LogP contribution >= 0.6 is 0 Å². The molecule has 2 aromatic rings. The van der Waals surface area contributed by atoms with Crippen LogP contribution in [0.2, 0.25) is 0 Å². The van der Waals surface area contributed by atoms with Crippen molar-refractivity contribution >= 4 is 18.0 Å². The van der Waals surface area contributed by atoms with Crippen molar-refractivity contribution in [3.05, 3.63) is 65.7 Å². The lowest BCUT2D eigenvalue weighted by molar-refractivity contribution is -0.128. The first-order chi connectivity index (χ1) is 12.5. The summed E-state index contributed by atoms with van der Waals surface area (Å²) >= 11 is 0. The number of esters is 2. The van der Waals surface area contributed by atoms with Gasteiger partial charge in [0.25, 0.3) is 0 Å². The molecule has 0 aliphatic heterocycles. The average molecular weight is 354 g/mol. The van der Waals surface area contributed by atoms with E-state index in [0.29, 0.717) is 5.56 Å². The van der Waals surface area contributed by atoms with Gasteiger partial charge >= 0.3 is 11.9 Å². The molecule has 2 rings (SSSR count). The molecule has 0 radical (unpaired) electrons. The van der Waals surface area contributed by atoms with E-state index in [1.54, 1.807) is 31.2 Å². The highest BCUT2D eigenvalue weighted by Crippen LogP contribution is 2.17. The van der Waals surface area contributed by atoms with Crippen LogP contribution in [-0.4, -0.2) is 24.6 Å². The normalized spacial score (nSPS) is 10.8. The van der Waals surface area contributed by atoms with E-state index in [9.17, 15) is 9.59 Å². The Bertz CT molecular complexity index is 792. The maximum Gasteiger partial charge on any atom is 0.338 e. The monoisotopic (exact) mass is 354 g/mol. The molecule has 0 N–H and O–H groups in total. The molecule has 0 bridgehead atoms. The zero-order valence-corrected chi connectivity index (χ0v) is 15.1. The standard InChI is InChI=1S/C21H22O5/c1-4-24-21(23)17-8-6-10-19(14-17)26-20(22)12-11-16-7-5-9-18(13-16)25-15(2)3/h5-15H,4H2,1-3H3/b12-11+. The molecule has 26 heavy (non-hydrogen) atoms. The molecule has 0 saturated carbocycles. The third-order valence-electron chi connectivity index (χ3n) is 3.21. The van der Waals surface area contributed by atoms with E-state index >= 15 is 0 Å². The van der Waals surface area contributed by atoms with Crippen LogP contribution in [0.5, 0.6) is 11.5 Å². The van der Waals surface area contributed by atoms with Gasteiger partial charge in [-0.1, -0.05) is 18.2 Å². The van der Waals surface area contributed by atoms with Gasteiger partial charge in [-0.15, -0.1) is 0 Å². The first-order valence-corrected chi connectivity index (χ1v) is 8.41. The Morgan fingerprint density at radius 1 is 1.04 bits per heavy atom. The molecule has 136 valence electrons. The van der Waals surface area contributed by atoms with Crippen LogP contribution in [0, 0.1) is 0 Å². The van der Waals surface area contributed by atoms with Crippen molar-refractivity contribution in [2.75, 3.05) is 6.61 Å². The zero-order chi connectivity index (χ0) is 18.9. The molecule has 0 aliphatic rings. The molecular weight excluding hydrogens is 332 g/mol. The fourth-order valence-electron chi connectivity index (χ4n) is 2.18. The predicted molar refractivity (Wildman–Crippen MR) is 99.3 cm³/mol. The molecule has 0 aromatic heterocycles. The predicted octanol–water partition coefficient (Wildman–Crippen LogP) is 4.27. The SMILES string of the molecule is CCOC(=O)c1cccc(OC(=O)/C=C/c2cccc(OC(C)C)c2)c1. The molecule has 0 amide bonds. The van der Waals surface area contributed by atoms with Gasteiger partial charge in [0, 0.05) is 6.08 Å². The van der Waals surface area contributed by atoms with Crippen molar-refractivity contribution in [1.82, 2.24) is 0 Å². The first kappa shape index (κ1) is 19.2. The minimum Gasteiger partial charge on any atom is -0.491 e. The first-order valence-electron chi connectivity index (χ1n) is 8.41. The Morgan fingerprint density at radius 2 is 1.77 bits per heavy atom. The Labute approximate surface area is 153 Å². The van der Waals surface area contributed by atoms with E-state index in [1.807, 2.05) is 38.1 Å². The smallest absolute Gasteiger partial charge is 0.338 e. The summed E-state index contributed by atoms with van der Waals surface area (Å²) < 4.78 is 15.8. The van der Waals surface area contributed by atoms with Gasteiger partial charge in [0.05, 0.1) is 18.3 Å². The molecular formula is C21H22O5. The number of ether oxygens (including phenoxy) is 3. The fraction of sp³-hybridized carbons (Fsp3) is 0.238. The van der Waals surface area contributed by atoms with Crippen LogP contribution in [0.3, 0.4) is 0 Å². The largest absolute Gasteiger partial charge is 0.491 e. The van der Waals surface area contributed by atoms with Gasteiger partial charge in [-0.05, 0) is 62.7 Å². The minimum atomic E-state index is -0.541. The molecule has 5 nitrogen and oxygen atoms in total. The van der Waals surface area contributed by atoms with Crippen molar-refractivity contribution in [2.45, 2.75) is 26.9 Å². The number of carbonyl (C=O) groups is 2. The second-order valence-corrected chi connectivity index (χ2v) is 5.74. The van der Waals surface area contributed by atoms with Crippen molar-refractivity contribution in [1.29, 1.82) is 0 Å². The van der Waals surface area contributed by atoms with Crippen molar-refractivity contribution < 1.29 is 23.8 Å². The van der Waals surface area contributed by atoms with E-state index in [0.717, 1.165) is 11.3 Å². The average Bonchev–Trinajstić information content (AvgIpc) is 2.60. The molecule has 0 heterocycles. The van der Waals surface area contributed by atoms with Gasteiger partial charge in [0.1, 0.15) is 11.5 Å². The van der Waals surface area contributed by atoms with Crippen molar-refractivity contribution in [2.24, 2.45) is 0 Å². The van der Waals surface area contributed by atoms with Gasteiger partial charge < -0.3 is 14.2 Å². The highest BCUT2D eigenvalue weighted by Gasteiger charge is 2.08. The summed E-state index contributed by atoms with van der Waals surface area (Å²) in [7, 11) is 0. The third kappa shape index (κ3) is 6.09. The van der Waals surface area contributed by atoms with Gasteiger partial charge in [0.15, 0.2) is 0 Å². The summed E-state index contributed by atoms with van der Waals surface area (Å²) in [5.74, 6) is 0.0175. The Hall–Kier alpha value is -3.08. The number of rotatable bonds is 7. The van der Waals surface area contributed by atoms with Crippen LogP contribution < -0.4 is 9.47 Å². The van der Waals surface area contributed by atoms with E-state index in [1.165, 1.54) is 12.1 Å². The molecule has 0 unspecified atom stereocenters. The van der Waals surface area contributed by atoms with Crippen molar-refractivity contribution in [3.63, 3.8) is 0 Å².